The van der Waals surface area contributed by atoms with Crippen molar-refractivity contribution in [3.63, 3.8) is 0 Å². The van der Waals surface area contributed by atoms with Gasteiger partial charge in [0, 0.05) is 30.9 Å². The Bertz CT molecular complexity index is 645. The van der Waals surface area contributed by atoms with Crippen LogP contribution in [-0.2, 0) is 14.3 Å². The van der Waals surface area contributed by atoms with Crippen molar-refractivity contribution < 1.29 is 19.1 Å². The molecule has 2 heterocycles. The van der Waals surface area contributed by atoms with E-state index in [0.717, 1.165) is 6.42 Å². The van der Waals surface area contributed by atoms with Gasteiger partial charge in [0.2, 0.25) is 0 Å². The van der Waals surface area contributed by atoms with Gasteiger partial charge in [-0.3, -0.25) is 9.59 Å². The molecule has 0 bridgehead atoms. The van der Waals surface area contributed by atoms with Crippen LogP contribution in [-0.4, -0.2) is 60.8 Å². The highest BCUT2D eigenvalue weighted by Gasteiger charge is 2.30. The van der Waals surface area contributed by atoms with Crippen molar-refractivity contribution in [2.24, 2.45) is 5.73 Å². The predicted octanol–water partition coefficient (Wildman–Crippen LogP) is 1.80. The molecule has 0 spiro atoms. The number of amides is 2. The quantitative estimate of drug-likeness (QED) is 0.808. The molecule has 27 heavy (non-hydrogen) atoms. The van der Waals surface area contributed by atoms with Crippen molar-refractivity contribution in [1.82, 2.24) is 4.90 Å². The molecule has 1 aromatic carbocycles. The molecule has 3 N–H and O–H groups in total. The molecular weight excluding hydrogens is 370 g/mol. The molecule has 7 nitrogen and oxygen atoms in total. The second-order valence-electron chi connectivity index (χ2n) is 7.09. The summed E-state index contributed by atoms with van der Waals surface area (Å²) in [5.41, 5.74) is 6.82. The van der Waals surface area contributed by atoms with Gasteiger partial charge in [0.25, 0.3) is 11.8 Å². The van der Waals surface area contributed by atoms with Crippen molar-refractivity contribution in [3.8, 4) is 0 Å². The lowest BCUT2D eigenvalue weighted by Crippen LogP contribution is -2.48. The largest absolute Gasteiger partial charge is 0.372 e. The standard InChI is InChI=1S/C19H27N3O4.ClH/c1-12-10-22(11-13(2)25-12)19(24)14-3-5-15(6-4-14)21-18(23)17-8-7-16(9-20)26-17;/h3-6,12-13,16-17H,7-11,20H2,1-2H3,(H,21,23);1H/t12?,13?,16-,17+;/m1./s1. The summed E-state index contributed by atoms with van der Waals surface area (Å²) in [4.78, 5) is 26.7. The van der Waals surface area contributed by atoms with Gasteiger partial charge in [0.05, 0.1) is 18.3 Å². The van der Waals surface area contributed by atoms with Gasteiger partial charge in [-0.05, 0) is 51.0 Å². The number of carbonyl (C=O) groups excluding carboxylic acids is 2. The number of morpholine rings is 1. The molecule has 2 aliphatic heterocycles. The average Bonchev–Trinajstić information content (AvgIpc) is 3.10. The number of nitrogens with two attached hydrogens (primary N) is 1. The number of hydrogen-bond donors (Lipinski definition) is 2. The Hall–Kier alpha value is -1.67. The normalized spacial score (nSPS) is 27.7. The summed E-state index contributed by atoms with van der Waals surface area (Å²) in [5, 5.41) is 2.84. The molecule has 1 aromatic rings. The third-order valence-electron chi connectivity index (χ3n) is 4.77. The second kappa shape index (κ2) is 9.50. The number of hydrogen-bond acceptors (Lipinski definition) is 5. The van der Waals surface area contributed by atoms with Gasteiger partial charge in [-0.1, -0.05) is 0 Å². The molecule has 2 fully saturated rings. The first-order valence-electron chi connectivity index (χ1n) is 9.17. The van der Waals surface area contributed by atoms with E-state index >= 15 is 0 Å². The third kappa shape index (κ3) is 5.42. The zero-order valence-corrected chi connectivity index (χ0v) is 16.5. The Morgan fingerprint density at radius 2 is 1.74 bits per heavy atom. The van der Waals surface area contributed by atoms with Crippen LogP contribution in [0.15, 0.2) is 24.3 Å². The van der Waals surface area contributed by atoms with Gasteiger partial charge in [-0.25, -0.2) is 0 Å². The molecule has 0 aromatic heterocycles. The van der Waals surface area contributed by atoms with E-state index in [1.54, 1.807) is 24.3 Å². The van der Waals surface area contributed by atoms with Crippen LogP contribution in [0, 0.1) is 0 Å². The van der Waals surface area contributed by atoms with Gasteiger partial charge < -0.3 is 25.4 Å². The van der Waals surface area contributed by atoms with Crippen LogP contribution in [0.3, 0.4) is 0 Å². The van der Waals surface area contributed by atoms with Gasteiger partial charge in [-0.2, -0.15) is 0 Å². The van der Waals surface area contributed by atoms with Crippen molar-refractivity contribution in [2.45, 2.75) is 51.1 Å². The van der Waals surface area contributed by atoms with E-state index in [2.05, 4.69) is 5.32 Å². The highest BCUT2D eigenvalue weighted by Crippen LogP contribution is 2.21. The minimum atomic E-state index is -0.457. The van der Waals surface area contributed by atoms with Crippen LogP contribution in [0.1, 0.15) is 37.0 Å². The topological polar surface area (TPSA) is 93.9 Å². The van der Waals surface area contributed by atoms with Gasteiger partial charge in [0.1, 0.15) is 6.10 Å². The van der Waals surface area contributed by atoms with Gasteiger partial charge >= 0.3 is 0 Å². The van der Waals surface area contributed by atoms with E-state index < -0.39 is 6.10 Å². The van der Waals surface area contributed by atoms with Gasteiger partial charge in [0.15, 0.2) is 0 Å². The maximum atomic E-state index is 12.7. The Balaban J connectivity index is 0.00000261. The number of rotatable bonds is 4. The minimum Gasteiger partial charge on any atom is -0.372 e. The van der Waals surface area contributed by atoms with E-state index in [-0.39, 0.29) is 42.5 Å². The van der Waals surface area contributed by atoms with Crippen LogP contribution < -0.4 is 11.1 Å². The summed E-state index contributed by atoms with van der Waals surface area (Å²) in [6.07, 6.45) is 1.05. The van der Waals surface area contributed by atoms with Crippen molar-refractivity contribution in [3.05, 3.63) is 29.8 Å². The van der Waals surface area contributed by atoms with Crippen LogP contribution in [0.5, 0.6) is 0 Å². The van der Waals surface area contributed by atoms with E-state index in [9.17, 15) is 9.59 Å². The lowest BCUT2D eigenvalue weighted by Gasteiger charge is -2.35. The van der Waals surface area contributed by atoms with E-state index in [4.69, 9.17) is 15.2 Å². The first kappa shape index (κ1) is 21.6. The molecule has 2 saturated heterocycles. The molecule has 2 aliphatic rings. The number of ether oxygens (including phenoxy) is 2. The molecule has 3 rings (SSSR count). The fourth-order valence-corrected chi connectivity index (χ4v) is 3.52. The minimum absolute atomic E-state index is 0. The smallest absolute Gasteiger partial charge is 0.254 e. The van der Waals surface area contributed by atoms with Crippen LogP contribution in [0.25, 0.3) is 0 Å². The maximum Gasteiger partial charge on any atom is 0.254 e. The maximum absolute atomic E-state index is 12.7. The summed E-state index contributed by atoms with van der Waals surface area (Å²) >= 11 is 0. The van der Waals surface area contributed by atoms with E-state index in [1.165, 1.54) is 0 Å². The highest BCUT2D eigenvalue weighted by molar-refractivity contribution is 5.97. The number of carbonyl (C=O) groups is 2. The summed E-state index contributed by atoms with van der Waals surface area (Å²) < 4.78 is 11.3. The summed E-state index contributed by atoms with van der Waals surface area (Å²) in [5.74, 6) is -0.189. The third-order valence-corrected chi connectivity index (χ3v) is 4.77. The average molecular weight is 398 g/mol. The SMILES string of the molecule is CC1CN(C(=O)c2ccc(NC(=O)[C@@H]3CC[C@H](CN)O3)cc2)CC(C)O1.Cl. The predicted molar refractivity (Wildman–Crippen MR) is 105 cm³/mol. The lowest BCUT2D eigenvalue weighted by atomic mass is 10.1. The zero-order chi connectivity index (χ0) is 18.7. The first-order valence-corrected chi connectivity index (χ1v) is 9.17. The Kier molecular flexibility index (Phi) is 7.61. The molecule has 150 valence electrons. The van der Waals surface area contributed by atoms with Gasteiger partial charge in [-0.15, -0.1) is 12.4 Å². The summed E-state index contributed by atoms with van der Waals surface area (Å²) in [6.45, 7) is 5.54. The molecule has 0 aliphatic carbocycles. The number of nitrogens with one attached hydrogen (secondary N) is 1. The molecule has 0 radical (unpaired) electrons. The first-order chi connectivity index (χ1) is 12.5. The van der Waals surface area contributed by atoms with Crippen molar-refractivity contribution >= 4 is 29.9 Å². The van der Waals surface area contributed by atoms with Crippen molar-refractivity contribution in [2.75, 3.05) is 25.0 Å². The van der Waals surface area contributed by atoms with E-state index in [1.807, 2.05) is 18.7 Å². The fraction of sp³-hybridized carbons (Fsp3) is 0.579. The molecule has 8 heteroatoms. The molecule has 0 saturated carbocycles. The van der Waals surface area contributed by atoms with E-state index in [0.29, 0.717) is 37.3 Å². The van der Waals surface area contributed by atoms with Crippen LogP contribution in [0.2, 0.25) is 0 Å². The van der Waals surface area contributed by atoms with Crippen LogP contribution >= 0.6 is 12.4 Å². The monoisotopic (exact) mass is 397 g/mol. The summed E-state index contributed by atoms with van der Waals surface area (Å²) in [6, 6.07) is 6.96. The number of benzene rings is 1. The molecule has 2 unspecified atom stereocenters. The Morgan fingerprint density at radius 3 is 2.30 bits per heavy atom. The number of halogens is 1. The Labute approximate surface area is 166 Å². The second-order valence-corrected chi connectivity index (χ2v) is 7.09. The van der Waals surface area contributed by atoms with Crippen molar-refractivity contribution in [1.29, 1.82) is 0 Å². The lowest BCUT2D eigenvalue weighted by molar-refractivity contribution is -0.126. The fourth-order valence-electron chi connectivity index (χ4n) is 3.52. The number of anilines is 1. The Morgan fingerprint density at radius 1 is 1.11 bits per heavy atom. The zero-order valence-electron chi connectivity index (χ0n) is 15.7. The summed E-state index contributed by atoms with van der Waals surface area (Å²) in [7, 11) is 0. The van der Waals surface area contributed by atoms with Crippen LogP contribution in [0.4, 0.5) is 5.69 Å². The molecule has 4 atom stereocenters. The highest BCUT2D eigenvalue weighted by atomic mass is 35.5. The number of nitrogens with zero attached hydrogens (tertiary/aromatic N) is 1. The molecular formula is C19H28ClN3O4. The molecule has 2 amide bonds.